The molecular formula is C27H36F3N7O2S. The number of hydrogen-bond donors (Lipinski definition) is 2. The van der Waals surface area contributed by atoms with Gasteiger partial charge in [-0.25, -0.2) is 9.97 Å². The van der Waals surface area contributed by atoms with Crippen molar-refractivity contribution >= 4 is 55.5 Å². The molecule has 2 aromatic carbocycles. The van der Waals surface area contributed by atoms with Gasteiger partial charge in [0.25, 0.3) is 5.91 Å². The van der Waals surface area contributed by atoms with Crippen molar-refractivity contribution in [1.82, 2.24) is 29.7 Å². The number of imidazole rings is 1. The number of benzene rings is 2. The number of hydrogen-bond acceptors (Lipinski definition) is 7. The third kappa shape index (κ3) is 6.70. The van der Waals surface area contributed by atoms with Crippen LogP contribution in [-0.4, -0.2) is 76.9 Å². The third-order valence-electron chi connectivity index (χ3n) is 6.47. The molecule has 4 rings (SSSR count). The number of rotatable bonds is 10. The molecule has 9 nitrogen and oxygen atoms in total. The summed E-state index contributed by atoms with van der Waals surface area (Å²) in [5.41, 5.74) is 1.36. The molecule has 0 saturated heterocycles. The van der Waals surface area contributed by atoms with E-state index >= 15 is 0 Å². The molecule has 0 saturated carbocycles. The lowest BCUT2D eigenvalue weighted by molar-refractivity contribution is -0.137. The summed E-state index contributed by atoms with van der Waals surface area (Å²) in [5.74, 6) is -0.118. The Kier molecular flexibility index (Phi) is 8.64. The van der Waals surface area contributed by atoms with Gasteiger partial charge in [0.1, 0.15) is 6.04 Å². The molecule has 0 fully saturated rings. The number of aromatic nitrogens is 3. The second kappa shape index (κ2) is 11.8. The minimum atomic E-state index is -4.43. The Bertz CT molecular complexity index is 1540. The van der Waals surface area contributed by atoms with Gasteiger partial charge in [0.2, 0.25) is 11.9 Å². The van der Waals surface area contributed by atoms with Crippen molar-refractivity contribution in [2.24, 2.45) is 7.05 Å². The SMILES string of the molecule is CN(C)CCCC[C@H](NC(=O)c1ccc2c(c1)nc(Nc1nc3ccc(C(F)(F)F)cc3s1)n2C)C(=O)N(C)C.[HH].[HH]. The number of likely N-dealkylation sites (N-methyl/N-ethyl adjacent to an activating group) is 1. The molecule has 0 unspecified atom stereocenters. The van der Waals surface area contributed by atoms with Crippen LogP contribution in [0.15, 0.2) is 36.4 Å². The summed E-state index contributed by atoms with van der Waals surface area (Å²) in [5, 5.41) is 6.35. The Labute approximate surface area is 237 Å². The number of amides is 2. The van der Waals surface area contributed by atoms with Crippen molar-refractivity contribution in [3.63, 3.8) is 0 Å². The van der Waals surface area contributed by atoms with Gasteiger partial charge in [-0.15, -0.1) is 0 Å². The maximum absolute atomic E-state index is 13.1. The second-order valence-electron chi connectivity index (χ2n) is 10.1. The predicted molar refractivity (Wildman–Crippen MR) is 155 cm³/mol. The van der Waals surface area contributed by atoms with E-state index < -0.39 is 17.8 Å². The lowest BCUT2D eigenvalue weighted by Crippen LogP contribution is -2.46. The van der Waals surface area contributed by atoms with Crippen molar-refractivity contribution in [3.8, 4) is 0 Å². The summed E-state index contributed by atoms with van der Waals surface area (Å²) < 4.78 is 41.4. The van der Waals surface area contributed by atoms with Crippen LogP contribution in [0.25, 0.3) is 21.3 Å². The van der Waals surface area contributed by atoms with E-state index in [1.807, 2.05) is 14.1 Å². The van der Waals surface area contributed by atoms with Crippen LogP contribution in [0.3, 0.4) is 0 Å². The summed E-state index contributed by atoms with van der Waals surface area (Å²) in [6.07, 6.45) is -2.20. The first kappa shape index (κ1) is 29.3. The molecule has 40 heavy (non-hydrogen) atoms. The summed E-state index contributed by atoms with van der Waals surface area (Å²) in [6.45, 7) is 0.898. The molecule has 0 aliphatic rings. The van der Waals surface area contributed by atoms with Crippen LogP contribution in [0.2, 0.25) is 0 Å². The van der Waals surface area contributed by atoms with Gasteiger partial charge >= 0.3 is 6.18 Å². The Balaban J connectivity index is 0.00000308. The smallest absolute Gasteiger partial charge is 0.347 e. The molecule has 2 heterocycles. The standard InChI is InChI=1S/C27H32F3N7O2S.2H2/c1-35(2)13-7-6-8-19(24(39)36(3)4)31-23(38)16-9-12-21-20(14-16)32-25(37(21)5)34-26-33-18-11-10-17(27(28,29)30)15-22(18)40-26;;/h9-12,14-15,19H,6-8,13H2,1-5H3,(H,31,38)(H,32,33,34);2*1H/t19-;;/m0../s1. The largest absolute Gasteiger partial charge is 0.416 e. The highest BCUT2D eigenvalue weighted by molar-refractivity contribution is 7.22. The molecule has 2 N–H and O–H groups in total. The van der Waals surface area contributed by atoms with E-state index in [-0.39, 0.29) is 14.7 Å². The molecule has 0 aliphatic heterocycles. The van der Waals surface area contributed by atoms with Crippen LogP contribution in [0.5, 0.6) is 0 Å². The van der Waals surface area contributed by atoms with E-state index in [2.05, 4.69) is 25.5 Å². The average molecular weight is 580 g/mol. The molecule has 218 valence electrons. The van der Waals surface area contributed by atoms with Gasteiger partial charge in [-0.3, -0.25) is 9.59 Å². The van der Waals surface area contributed by atoms with E-state index in [4.69, 9.17) is 0 Å². The quantitative estimate of drug-likeness (QED) is 0.246. The second-order valence-corrected chi connectivity index (χ2v) is 11.1. The average Bonchev–Trinajstić information content (AvgIpc) is 3.43. The van der Waals surface area contributed by atoms with E-state index in [0.29, 0.717) is 38.8 Å². The number of nitrogens with zero attached hydrogens (tertiary/aromatic N) is 5. The Morgan fingerprint density at radius 3 is 2.48 bits per heavy atom. The zero-order chi connectivity index (χ0) is 29.2. The first-order chi connectivity index (χ1) is 18.8. The number of aryl methyl sites for hydroxylation is 1. The number of unbranched alkanes of at least 4 members (excludes halogenated alkanes) is 1. The van der Waals surface area contributed by atoms with Crippen molar-refractivity contribution in [2.45, 2.75) is 31.5 Å². The predicted octanol–water partition coefficient (Wildman–Crippen LogP) is 5.36. The van der Waals surface area contributed by atoms with E-state index in [0.717, 1.165) is 48.4 Å². The zero-order valence-electron chi connectivity index (χ0n) is 23.0. The molecule has 1 atom stereocenters. The van der Waals surface area contributed by atoms with Gasteiger partial charge in [-0.05, 0) is 76.3 Å². The highest BCUT2D eigenvalue weighted by Gasteiger charge is 2.31. The lowest BCUT2D eigenvalue weighted by Gasteiger charge is -2.22. The number of carbonyl (C=O) groups excluding carboxylic acids is 2. The number of fused-ring (bicyclic) bond motifs is 2. The minimum absolute atomic E-state index is 0. The fourth-order valence-electron chi connectivity index (χ4n) is 4.29. The number of thiazole rings is 1. The van der Waals surface area contributed by atoms with E-state index in [1.54, 1.807) is 43.9 Å². The van der Waals surface area contributed by atoms with Gasteiger partial charge in [-0.2, -0.15) is 13.2 Å². The van der Waals surface area contributed by atoms with Gasteiger partial charge in [0.05, 0.1) is 26.8 Å². The Morgan fingerprint density at radius 1 is 1.05 bits per heavy atom. The Morgan fingerprint density at radius 2 is 1.80 bits per heavy atom. The lowest BCUT2D eigenvalue weighted by atomic mass is 10.1. The molecular weight excluding hydrogens is 543 g/mol. The number of alkyl halides is 3. The zero-order valence-corrected chi connectivity index (χ0v) is 23.8. The fraction of sp³-hybridized carbons (Fsp3) is 0.407. The van der Waals surface area contributed by atoms with Crippen LogP contribution < -0.4 is 10.6 Å². The third-order valence-corrected chi connectivity index (χ3v) is 7.40. The number of anilines is 2. The topological polar surface area (TPSA) is 95.4 Å². The summed E-state index contributed by atoms with van der Waals surface area (Å²) in [6, 6.07) is 7.86. The van der Waals surface area contributed by atoms with Crippen LogP contribution in [0, 0.1) is 0 Å². The van der Waals surface area contributed by atoms with Gasteiger partial charge in [0, 0.05) is 29.6 Å². The van der Waals surface area contributed by atoms with Crippen molar-refractivity contribution in [2.75, 3.05) is 40.1 Å². The maximum atomic E-state index is 13.1. The van der Waals surface area contributed by atoms with Crippen LogP contribution >= 0.6 is 11.3 Å². The first-order valence-corrected chi connectivity index (χ1v) is 13.5. The molecule has 4 aromatic rings. The summed E-state index contributed by atoms with van der Waals surface area (Å²) in [4.78, 5) is 38.3. The van der Waals surface area contributed by atoms with Crippen LogP contribution in [0.4, 0.5) is 24.3 Å². The fourth-order valence-corrected chi connectivity index (χ4v) is 5.19. The van der Waals surface area contributed by atoms with Crippen molar-refractivity contribution in [1.29, 1.82) is 0 Å². The van der Waals surface area contributed by atoms with Gasteiger partial charge < -0.3 is 25.0 Å². The molecule has 2 amide bonds. The van der Waals surface area contributed by atoms with E-state index in [1.165, 1.54) is 11.0 Å². The highest BCUT2D eigenvalue weighted by Crippen LogP contribution is 2.35. The van der Waals surface area contributed by atoms with Gasteiger partial charge in [0.15, 0.2) is 5.13 Å². The molecule has 2 aromatic heterocycles. The summed E-state index contributed by atoms with van der Waals surface area (Å²) in [7, 11) is 9.09. The first-order valence-electron chi connectivity index (χ1n) is 12.7. The summed E-state index contributed by atoms with van der Waals surface area (Å²) >= 11 is 1.09. The molecule has 0 aliphatic carbocycles. The molecule has 13 heteroatoms. The van der Waals surface area contributed by atoms with E-state index in [9.17, 15) is 22.8 Å². The Hall–Kier alpha value is -3.71. The highest BCUT2D eigenvalue weighted by atomic mass is 32.1. The minimum Gasteiger partial charge on any atom is -0.347 e. The monoisotopic (exact) mass is 579 g/mol. The van der Waals surface area contributed by atoms with Crippen molar-refractivity contribution < 1.29 is 25.6 Å². The van der Waals surface area contributed by atoms with Crippen LogP contribution in [-0.2, 0) is 18.0 Å². The van der Waals surface area contributed by atoms with Gasteiger partial charge in [-0.1, -0.05) is 11.3 Å². The van der Waals surface area contributed by atoms with Crippen LogP contribution in [0.1, 0.15) is 38.0 Å². The maximum Gasteiger partial charge on any atom is 0.416 e. The number of halogens is 3. The molecule has 0 bridgehead atoms. The number of nitrogens with one attached hydrogen (secondary N) is 2. The normalized spacial score (nSPS) is 12.7. The number of carbonyl (C=O) groups is 2. The van der Waals surface area contributed by atoms with Crippen molar-refractivity contribution in [3.05, 3.63) is 47.5 Å². The molecule has 0 spiro atoms. The molecule has 0 radical (unpaired) electrons.